The molecule has 0 aliphatic heterocycles. The van der Waals surface area contributed by atoms with E-state index >= 15 is 0 Å². The van der Waals surface area contributed by atoms with Crippen LogP contribution in [0.25, 0.3) is 10.8 Å². The van der Waals surface area contributed by atoms with E-state index in [1.165, 1.54) is 0 Å². The molecule has 17 heavy (non-hydrogen) atoms. The van der Waals surface area contributed by atoms with Crippen LogP contribution in [0, 0.1) is 0 Å². The molecular weight excluding hydrogens is 216 g/mol. The van der Waals surface area contributed by atoms with E-state index in [4.69, 9.17) is 9.47 Å². The van der Waals surface area contributed by atoms with Gasteiger partial charge in [-0.1, -0.05) is 30.3 Å². The predicted molar refractivity (Wildman–Crippen MR) is 67.2 cm³/mol. The van der Waals surface area contributed by atoms with Crippen LogP contribution in [0.2, 0.25) is 0 Å². The number of aliphatic hydroxyl groups excluding tert-OH is 1. The van der Waals surface area contributed by atoms with E-state index in [0.717, 1.165) is 22.1 Å². The van der Waals surface area contributed by atoms with Crippen LogP contribution in [0.15, 0.2) is 36.4 Å². The number of hydrogen-bond donors (Lipinski definition) is 1. The smallest absolute Gasteiger partial charge is 0.125 e. The lowest BCUT2D eigenvalue weighted by atomic mass is 10.0. The minimum atomic E-state index is -0.0241. The lowest BCUT2D eigenvalue weighted by Crippen LogP contribution is -2.06. The average molecular weight is 232 g/mol. The summed E-state index contributed by atoms with van der Waals surface area (Å²) >= 11 is 0. The molecular formula is C14H16O3. The monoisotopic (exact) mass is 232 g/mol. The minimum absolute atomic E-state index is 0.0241. The van der Waals surface area contributed by atoms with E-state index in [2.05, 4.69) is 0 Å². The Hall–Kier alpha value is -1.58. The zero-order valence-electron chi connectivity index (χ0n) is 9.85. The Morgan fingerprint density at radius 3 is 2.65 bits per heavy atom. The Labute approximate surface area is 101 Å². The molecule has 0 aromatic heterocycles. The molecule has 1 N–H and O–H groups in total. The third-order valence-corrected chi connectivity index (χ3v) is 2.70. The highest BCUT2D eigenvalue weighted by atomic mass is 16.5. The third kappa shape index (κ3) is 2.57. The Morgan fingerprint density at radius 1 is 1.06 bits per heavy atom. The summed E-state index contributed by atoms with van der Waals surface area (Å²) in [4.78, 5) is 0. The fourth-order valence-electron chi connectivity index (χ4n) is 1.85. The summed E-state index contributed by atoms with van der Waals surface area (Å²) in [5.41, 5.74) is 0.833. The van der Waals surface area contributed by atoms with Crippen LogP contribution in [-0.2, 0) is 11.3 Å². The van der Waals surface area contributed by atoms with Gasteiger partial charge in [0.2, 0.25) is 0 Å². The molecule has 0 bridgehead atoms. The highest BCUT2D eigenvalue weighted by Gasteiger charge is 2.07. The molecule has 2 rings (SSSR count). The van der Waals surface area contributed by atoms with Crippen molar-refractivity contribution < 1.29 is 14.6 Å². The highest BCUT2D eigenvalue weighted by molar-refractivity contribution is 5.87. The first-order chi connectivity index (χ1) is 8.36. The van der Waals surface area contributed by atoms with Crippen molar-refractivity contribution in [3.05, 3.63) is 42.0 Å². The summed E-state index contributed by atoms with van der Waals surface area (Å²) in [6.07, 6.45) is 0. The van der Waals surface area contributed by atoms with Crippen LogP contribution in [0.4, 0.5) is 0 Å². The molecule has 0 amide bonds. The van der Waals surface area contributed by atoms with Crippen LogP contribution in [-0.4, -0.2) is 25.4 Å². The zero-order valence-corrected chi connectivity index (χ0v) is 9.85. The van der Waals surface area contributed by atoms with Gasteiger partial charge in [-0.2, -0.15) is 0 Å². The fraction of sp³-hybridized carbons (Fsp3) is 0.286. The maximum absolute atomic E-state index is 9.46. The van der Waals surface area contributed by atoms with Crippen molar-refractivity contribution in [3.8, 4) is 5.75 Å². The quantitative estimate of drug-likeness (QED) is 0.804. The van der Waals surface area contributed by atoms with Gasteiger partial charge in [-0.05, 0) is 16.8 Å². The molecule has 0 heterocycles. The first-order valence-electron chi connectivity index (χ1n) is 5.60. The summed E-state index contributed by atoms with van der Waals surface area (Å²) in [5.74, 6) is 0.725. The molecule has 0 aliphatic rings. The lowest BCUT2D eigenvalue weighted by Gasteiger charge is -2.12. The molecule has 0 radical (unpaired) electrons. The standard InChI is InChI=1S/C14H16O3/c1-16-8-9-17-14-7-6-11-4-2-3-5-12(11)13(14)10-15/h2-7,15H,8-10H2,1H3. The average Bonchev–Trinajstić information content (AvgIpc) is 2.38. The largest absolute Gasteiger partial charge is 0.491 e. The van der Waals surface area contributed by atoms with Crippen LogP contribution in [0.5, 0.6) is 5.75 Å². The van der Waals surface area contributed by atoms with Crippen molar-refractivity contribution in [1.29, 1.82) is 0 Å². The second kappa shape index (κ2) is 5.66. The molecule has 0 aliphatic carbocycles. The predicted octanol–water partition coefficient (Wildman–Crippen LogP) is 2.36. The van der Waals surface area contributed by atoms with Crippen molar-refractivity contribution in [2.45, 2.75) is 6.61 Å². The molecule has 3 heteroatoms. The van der Waals surface area contributed by atoms with E-state index in [1.54, 1.807) is 7.11 Å². The lowest BCUT2D eigenvalue weighted by molar-refractivity contribution is 0.144. The van der Waals surface area contributed by atoms with Crippen molar-refractivity contribution in [3.63, 3.8) is 0 Å². The van der Waals surface area contributed by atoms with Gasteiger partial charge in [0.15, 0.2) is 0 Å². The van der Waals surface area contributed by atoms with E-state index in [9.17, 15) is 5.11 Å². The molecule has 0 saturated carbocycles. The maximum atomic E-state index is 9.46. The van der Waals surface area contributed by atoms with Gasteiger partial charge < -0.3 is 14.6 Å². The Morgan fingerprint density at radius 2 is 1.88 bits per heavy atom. The van der Waals surface area contributed by atoms with E-state index in [0.29, 0.717) is 13.2 Å². The summed E-state index contributed by atoms with van der Waals surface area (Å²) in [5, 5.41) is 11.6. The van der Waals surface area contributed by atoms with E-state index in [1.807, 2.05) is 36.4 Å². The van der Waals surface area contributed by atoms with E-state index < -0.39 is 0 Å². The summed E-state index contributed by atoms with van der Waals surface area (Å²) in [7, 11) is 1.64. The topological polar surface area (TPSA) is 38.7 Å². The van der Waals surface area contributed by atoms with Gasteiger partial charge in [-0.3, -0.25) is 0 Å². The van der Waals surface area contributed by atoms with Gasteiger partial charge in [0.25, 0.3) is 0 Å². The van der Waals surface area contributed by atoms with Crippen LogP contribution in [0.1, 0.15) is 5.56 Å². The molecule has 0 atom stereocenters. The van der Waals surface area contributed by atoms with Gasteiger partial charge in [-0.25, -0.2) is 0 Å². The molecule has 2 aromatic rings. The molecule has 0 spiro atoms. The second-order valence-electron chi connectivity index (χ2n) is 3.76. The summed E-state index contributed by atoms with van der Waals surface area (Å²) < 4.78 is 10.5. The number of methoxy groups -OCH3 is 1. The molecule has 0 saturated heterocycles. The molecule has 2 aromatic carbocycles. The van der Waals surface area contributed by atoms with Gasteiger partial charge in [0, 0.05) is 12.7 Å². The number of aliphatic hydroxyl groups is 1. The Bertz CT molecular complexity index is 494. The number of hydrogen-bond acceptors (Lipinski definition) is 3. The van der Waals surface area contributed by atoms with Gasteiger partial charge >= 0.3 is 0 Å². The Balaban J connectivity index is 2.35. The van der Waals surface area contributed by atoms with Crippen molar-refractivity contribution in [2.75, 3.05) is 20.3 Å². The van der Waals surface area contributed by atoms with Crippen molar-refractivity contribution >= 4 is 10.8 Å². The molecule has 0 unspecified atom stereocenters. The molecule has 0 fully saturated rings. The maximum Gasteiger partial charge on any atom is 0.125 e. The van der Waals surface area contributed by atoms with Crippen molar-refractivity contribution in [1.82, 2.24) is 0 Å². The SMILES string of the molecule is COCCOc1ccc2ccccc2c1CO. The fourth-order valence-corrected chi connectivity index (χ4v) is 1.85. The number of rotatable bonds is 5. The van der Waals surface area contributed by atoms with Crippen molar-refractivity contribution in [2.24, 2.45) is 0 Å². The second-order valence-corrected chi connectivity index (χ2v) is 3.76. The van der Waals surface area contributed by atoms with E-state index in [-0.39, 0.29) is 6.61 Å². The highest BCUT2D eigenvalue weighted by Crippen LogP contribution is 2.27. The van der Waals surface area contributed by atoms with Crippen LogP contribution < -0.4 is 4.74 Å². The van der Waals surface area contributed by atoms with Gasteiger partial charge in [0.05, 0.1) is 13.2 Å². The first-order valence-corrected chi connectivity index (χ1v) is 5.60. The van der Waals surface area contributed by atoms with Gasteiger partial charge in [0.1, 0.15) is 12.4 Å². The van der Waals surface area contributed by atoms with Crippen LogP contribution >= 0.6 is 0 Å². The normalized spacial score (nSPS) is 10.7. The number of fused-ring (bicyclic) bond motifs is 1. The number of ether oxygens (including phenoxy) is 2. The zero-order chi connectivity index (χ0) is 12.1. The summed E-state index contributed by atoms with van der Waals surface area (Å²) in [6, 6.07) is 11.8. The Kier molecular flexibility index (Phi) is 3.96. The molecule has 3 nitrogen and oxygen atoms in total. The van der Waals surface area contributed by atoms with Crippen LogP contribution in [0.3, 0.4) is 0 Å². The minimum Gasteiger partial charge on any atom is -0.491 e. The number of benzene rings is 2. The van der Waals surface area contributed by atoms with Gasteiger partial charge in [-0.15, -0.1) is 0 Å². The summed E-state index contributed by atoms with van der Waals surface area (Å²) in [6.45, 7) is 1.00. The molecule has 90 valence electrons. The first kappa shape index (κ1) is 11.9. The third-order valence-electron chi connectivity index (χ3n) is 2.70.